The number of pyridine rings is 1. The number of hydrogen-bond donors (Lipinski definition) is 5. The van der Waals surface area contributed by atoms with Crippen LogP contribution in [0.3, 0.4) is 0 Å². The molecule has 4 heterocycles. The first-order valence-corrected chi connectivity index (χ1v) is 18.9. The maximum Gasteiger partial charge on any atom is 0.417 e. The largest absolute Gasteiger partial charge is 0.505 e. The fourth-order valence-corrected chi connectivity index (χ4v) is 7.56. The van der Waals surface area contributed by atoms with Gasteiger partial charge in [-0.3, -0.25) is 19.2 Å². The van der Waals surface area contributed by atoms with Gasteiger partial charge in [-0.1, -0.05) is 26.0 Å². The maximum atomic E-state index is 14.3. The van der Waals surface area contributed by atoms with E-state index in [0.29, 0.717) is 17.7 Å². The summed E-state index contributed by atoms with van der Waals surface area (Å²) in [5, 5.41) is 21.6. The van der Waals surface area contributed by atoms with Crippen LogP contribution >= 0.6 is 0 Å². The molecule has 2 aromatic heterocycles. The summed E-state index contributed by atoms with van der Waals surface area (Å²) < 4.78 is 154. The topological polar surface area (TPSA) is 244 Å². The number of methoxy groups -OCH3 is 1. The number of nitrogens with one attached hydrogen (secondary N) is 1. The molecule has 0 radical (unpaired) electrons. The molecule has 2 saturated heterocycles. The molecular weight excluding hydrogens is 912 g/mol. The van der Waals surface area contributed by atoms with Gasteiger partial charge in [0.1, 0.15) is 35.7 Å². The van der Waals surface area contributed by atoms with Crippen molar-refractivity contribution in [3.63, 3.8) is 0 Å². The van der Waals surface area contributed by atoms with Gasteiger partial charge in [-0.15, -0.1) is 0 Å². The molecule has 8 atom stereocenters. The first-order chi connectivity index (χ1) is 30.5. The molecule has 2 aliphatic heterocycles. The molecule has 0 saturated carbocycles. The van der Waals surface area contributed by atoms with Crippen LogP contribution in [0.15, 0.2) is 60.0 Å². The number of carbonyl (C=O) groups excluding carboxylic acids is 4. The van der Waals surface area contributed by atoms with Crippen LogP contribution < -0.4 is 26.9 Å². The molecule has 0 aliphatic carbocycles. The Morgan fingerprint density at radius 3 is 1.86 bits per heavy atom. The smallest absolute Gasteiger partial charge is 0.417 e. The number of anilines is 1. The van der Waals surface area contributed by atoms with Gasteiger partial charge in [-0.2, -0.15) is 39.9 Å². The molecule has 2 fully saturated rings. The van der Waals surface area contributed by atoms with E-state index in [-0.39, 0.29) is 22.4 Å². The third kappa shape index (κ3) is 9.18. The number of amides is 4. The highest BCUT2D eigenvalue weighted by atomic mass is 19.4. The Labute approximate surface area is 365 Å². The number of alkyl halides is 6. The Kier molecular flexibility index (Phi) is 13.8. The average Bonchev–Trinajstić information content (AvgIpc) is 3.68. The molecule has 26 heteroatoms. The van der Waals surface area contributed by atoms with E-state index >= 15 is 0 Å². The second-order valence-corrected chi connectivity index (χ2v) is 15.3. The van der Waals surface area contributed by atoms with Crippen LogP contribution in [0.1, 0.15) is 71.6 Å². The van der Waals surface area contributed by atoms with Gasteiger partial charge < -0.3 is 41.3 Å². The highest BCUT2D eigenvalue weighted by Crippen LogP contribution is 2.56. The minimum atomic E-state index is -4.97. The number of phenols is 1. The SMILES string of the molecule is COc1c([C@H]2[C@H](C(=O)Nc3cc(C(N)=O)ncn3)O[C@@](C)(C(F)(F)F)[C@H]2C)ccc(F)c1F.C[C@H]1[C@@H](c2ccc(F)c(F)c2O)[C@H](C(=O)N=c2ccn(O)c(C(N)=O)c2)O[C@@]1(C)C(F)(F)F. The van der Waals surface area contributed by atoms with Crippen LogP contribution in [0.2, 0.25) is 0 Å². The van der Waals surface area contributed by atoms with Crippen molar-refractivity contribution in [3.8, 4) is 11.5 Å². The van der Waals surface area contributed by atoms with E-state index in [1.165, 1.54) is 6.92 Å². The van der Waals surface area contributed by atoms with Gasteiger partial charge in [-0.25, -0.2) is 23.7 Å². The van der Waals surface area contributed by atoms with E-state index in [1.807, 2.05) is 0 Å². The molecule has 4 amide bonds. The van der Waals surface area contributed by atoms with Crippen molar-refractivity contribution in [2.75, 3.05) is 12.4 Å². The van der Waals surface area contributed by atoms with Gasteiger partial charge in [0.15, 0.2) is 34.3 Å². The molecule has 7 N–H and O–H groups in total. The lowest BCUT2D eigenvalue weighted by molar-refractivity contribution is -0.272. The van der Waals surface area contributed by atoms with E-state index < -0.39 is 129 Å². The van der Waals surface area contributed by atoms with Crippen molar-refractivity contribution in [2.45, 2.75) is 75.3 Å². The van der Waals surface area contributed by atoms with Crippen LogP contribution in [0.25, 0.3) is 0 Å². The molecule has 2 aliphatic rings. The fourth-order valence-electron chi connectivity index (χ4n) is 7.56. The summed E-state index contributed by atoms with van der Waals surface area (Å²) in [4.78, 5) is 59.5. The number of rotatable bonds is 8. The summed E-state index contributed by atoms with van der Waals surface area (Å²) in [5.74, 6) is -18.2. The number of aromatic nitrogens is 3. The highest BCUT2D eigenvalue weighted by molar-refractivity contribution is 5.96. The molecule has 356 valence electrons. The molecule has 0 spiro atoms. The first-order valence-electron chi connectivity index (χ1n) is 18.9. The van der Waals surface area contributed by atoms with Crippen molar-refractivity contribution in [2.24, 2.45) is 28.3 Å². The van der Waals surface area contributed by atoms with Crippen molar-refractivity contribution < 1.29 is 87.6 Å². The Balaban J connectivity index is 0.000000247. The van der Waals surface area contributed by atoms with Crippen LogP contribution in [0, 0.1) is 35.1 Å². The third-order valence-corrected chi connectivity index (χ3v) is 11.5. The summed E-state index contributed by atoms with van der Waals surface area (Å²) in [6, 6.07) is 6.23. The van der Waals surface area contributed by atoms with E-state index in [1.54, 1.807) is 0 Å². The monoisotopic (exact) mass is 949 g/mol. The van der Waals surface area contributed by atoms with Crippen LogP contribution in [0.5, 0.6) is 11.5 Å². The molecule has 0 unspecified atom stereocenters. The Hall–Kier alpha value is -6.83. The summed E-state index contributed by atoms with van der Waals surface area (Å²) in [6.45, 7) is 3.73. The number of hydrogen-bond acceptors (Lipinski definition) is 11. The maximum absolute atomic E-state index is 14.3. The van der Waals surface area contributed by atoms with E-state index in [2.05, 4.69) is 20.3 Å². The van der Waals surface area contributed by atoms with Crippen LogP contribution in [0.4, 0.5) is 49.7 Å². The molecule has 66 heavy (non-hydrogen) atoms. The van der Waals surface area contributed by atoms with E-state index in [0.717, 1.165) is 69.9 Å². The number of benzene rings is 2. The first kappa shape index (κ1) is 50.2. The summed E-state index contributed by atoms with van der Waals surface area (Å²) in [7, 11) is 1.02. The minimum Gasteiger partial charge on any atom is -0.505 e. The number of primary amides is 2. The fraction of sp³-hybridized carbons (Fsp3) is 0.375. The number of ether oxygens (including phenoxy) is 3. The minimum absolute atomic E-state index is 0.183. The van der Waals surface area contributed by atoms with Gasteiger partial charge >= 0.3 is 12.4 Å². The predicted molar refractivity (Wildman–Crippen MR) is 203 cm³/mol. The van der Waals surface area contributed by atoms with Gasteiger partial charge in [0.2, 0.25) is 11.6 Å². The second kappa shape index (κ2) is 18.2. The molecule has 16 nitrogen and oxygen atoms in total. The lowest BCUT2D eigenvalue weighted by atomic mass is 9.77. The zero-order chi connectivity index (χ0) is 49.6. The summed E-state index contributed by atoms with van der Waals surface area (Å²) in [5.41, 5.74) is 3.13. The van der Waals surface area contributed by atoms with Crippen molar-refractivity contribution in [3.05, 3.63) is 106 Å². The second-order valence-electron chi connectivity index (χ2n) is 15.3. The number of phenolic OH excluding ortho intramolecular Hbond substituents is 1. The lowest BCUT2D eigenvalue weighted by Gasteiger charge is -2.32. The van der Waals surface area contributed by atoms with Crippen molar-refractivity contribution >= 4 is 29.4 Å². The molecule has 0 bridgehead atoms. The Morgan fingerprint density at radius 2 is 1.33 bits per heavy atom. The van der Waals surface area contributed by atoms with Crippen LogP contribution in [-0.2, 0) is 19.1 Å². The van der Waals surface area contributed by atoms with Gasteiger partial charge in [0, 0.05) is 47.1 Å². The summed E-state index contributed by atoms with van der Waals surface area (Å²) in [6.07, 6.45) is -11.8. The van der Waals surface area contributed by atoms with Crippen molar-refractivity contribution in [1.29, 1.82) is 0 Å². The number of nitrogens with two attached hydrogens (primary N) is 2. The van der Waals surface area contributed by atoms with Gasteiger partial charge in [0.05, 0.1) is 12.5 Å². The standard InChI is InChI=1S/C20H19F5N4O4.C20H18F5N3O5/c1-8-13(9-4-5-10(21)14(22)15(9)32-3)16(33-19(8,2)20(23,24)25)18(31)29-12-6-11(17(26)30)27-7-28-12;1-8-13(10-3-4-11(21)14(22)15(10)29)16(33-19(8,2)20(23,24)25)18(31)27-9-5-6-28(32)12(7-9)17(26)30/h4-8,13,16H,1-3H3,(H2,26,30)(H,27,28,29,31);3-8,13,16,29,32H,1-2H3,(H2,26,30)/t2*8-,13-,16+,19+/m00/s1. The average molecular weight is 950 g/mol. The normalized spacial score (nSPS) is 25.5. The third-order valence-electron chi connectivity index (χ3n) is 11.5. The summed E-state index contributed by atoms with van der Waals surface area (Å²) >= 11 is 0. The Morgan fingerprint density at radius 1 is 0.803 bits per heavy atom. The number of halogens is 10. The lowest BCUT2D eigenvalue weighted by Crippen LogP contribution is -2.47. The van der Waals surface area contributed by atoms with Crippen molar-refractivity contribution in [1.82, 2.24) is 14.7 Å². The molecule has 4 aromatic rings. The van der Waals surface area contributed by atoms with Crippen LogP contribution in [-0.4, -0.2) is 91.5 Å². The van der Waals surface area contributed by atoms with E-state index in [9.17, 15) is 73.4 Å². The number of carbonyl (C=O) groups is 4. The number of aromatic hydroxyl groups is 1. The van der Waals surface area contributed by atoms with E-state index in [4.69, 9.17) is 25.7 Å². The van der Waals surface area contributed by atoms with Gasteiger partial charge in [-0.05, 0) is 38.1 Å². The quantitative estimate of drug-likeness (QED) is 0.112. The van der Waals surface area contributed by atoms with Gasteiger partial charge in [0.25, 0.3) is 23.6 Å². The molecule has 2 aromatic carbocycles. The Bertz CT molecular complexity index is 2650. The zero-order valence-electron chi connectivity index (χ0n) is 34.6. The number of nitrogens with zero attached hydrogens (tertiary/aromatic N) is 4. The zero-order valence-corrected chi connectivity index (χ0v) is 34.6. The molecule has 6 rings (SSSR count). The molecular formula is C40H37F10N7O9. The predicted octanol–water partition coefficient (Wildman–Crippen LogP) is 5.32. The highest BCUT2D eigenvalue weighted by Gasteiger charge is 2.67.